The van der Waals surface area contributed by atoms with Crippen molar-refractivity contribution in [2.75, 3.05) is 6.54 Å². The van der Waals surface area contributed by atoms with Crippen LogP contribution in [0.5, 0.6) is 0 Å². The predicted octanol–water partition coefficient (Wildman–Crippen LogP) is 2.39. The van der Waals surface area contributed by atoms with E-state index in [0.717, 1.165) is 48.1 Å². The standard InChI is InChI=1S/C14H22BrN3O/c1-4-10-13(15)11(18(3)17-10)9-12(19)14(2)7-5-6-8-16-14/h16H,4-9H2,1-3H3. The van der Waals surface area contributed by atoms with E-state index in [-0.39, 0.29) is 11.3 Å². The quantitative estimate of drug-likeness (QED) is 0.923. The van der Waals surface area contributed by atoms with Gasteiger partial charge in [-0.15, -0.1) is 0 Å². The Bertz CT molecular complexity index is 475. The van der Waals surface area contributed by atoms with E-state index in [2.05, 4.69) is 33.3 Å². The van der Waals surface area contributed by atoms with Gasteiger partial charge < -0.3 is 5.32 Å². The van der Waals surface area contributed by atoms with Crippen LogP contribution >= 0.6 is 15.9 Å². The van der Waals surface area contributed by atoms with Crippen molar-refractivity contribution in [2.45, 2.75) is 51.5 Å². The van der Waals surface area contributed by atoms with Gasteiger partial charge in [-0.25, -0.2) is 0 Å². The number of Topliss-reactive ketones (excluding diaryl/α,β-unsaturated/α-hetero) is 1. The lowest BCUT2D eigenvalue weighted by Gasteiger charge is -2.33. The summed E-state index contributed by atoms with van der Waals surface area (Å²) in [6.45, 7) is 5.04. The van der Waals surface area contributed by atoms with Crippen LogP contribution in [0.25, 0.3) is 0 Å². The largest absolute Gasteiger partial charge is 0.305 e. The highest BCUT2D eigenvalue weighted by molar-refractivity contribution is 9.10. The summed E-state index contributed by atoms with van der Waals surface area (Å²) in [7, 11) is 1.91. The molecule has 0 radical (unpaired) electrons. The van der Waals surface area contributed by atoms with Gasteiger partial charge in [0.1, 0.15) is 0 Å². The maximum Gasteiger partial charge on any atom is 0.158 e. The summed E-state index contributed by atoms with van der Waals surface area (Å²) in [5.74, 6) is 0.263. The van der Waals surface area contributed by atoms with Crippen molar-refractivity contribution in [3.63, 3.8) is 0 Å². The molecule has 0 saturated carbocycles. The summed E-state index contributed by atoms with van der Waals surface area (Å²) in [5, 5.41) is 7.83. The van der Waals surface area contributed by atoms with Crippen LogP contribution < -0.4 is 5.32 Å². The molecule has 1 fully saturated rings. The number of aromatic nitrogens is 2. The first kappa shape index (κ1) is 14.7. The Morgan fingerprint density at radius 3 is 2.79 bits per heavy atom. The number of hydrogen-bond acceptors (Lipinski definition) is 3. The summed E-state index contributed by atoms with van der Waals surface area (Å²) < 4.78 is 2.82. The van der Waals surface area contributed by atoms with E-state index >= 15 is 0 Å². The number of piperidine rings is 1. The molecule has 1 N–H and O–H groups in total. The zero-order chi connectivity index (χ0) is 14.0. The summed E-state index contributed by atoms with van der Waals surface area (Å²) in [4.78, 5) is 12.6. The smallest absolute Gasteiger partial charge is 0.158 e. The minimum absolute atomic E-state index is 0.263. The third kappa shape index (κ3) is 2.92. The molecule has 19 heavy (non-hydrogen) atoms. The number of aryl methyl sites for hydroxylation is 2. The molecule has 1 saturated heterocycles. The first-order valence-electron chi connectivity index (χ1n) is 6.96. The van der Waals surface area contributed by atoms with Gasteiger partial charge in [-0.1, -0.05) is 6.92 Å². The highest BCUT2D eigenvalue weighted by Crippen LogP contribution is 2.26. The van der Waals surface area contributed by atoms with Crippen LogP contribution in [-0.4, -0.2) is 27.6 Å². The van der Waals surface area contributed by atoms with Crippen molar-refractivity contribution in [1.29, 1.82) is 0 Å². The molecule has 106 valence electrons. The Morgan fingerprint density at radius 1 is 1.53 bits per heavy atom. The molecule has 1 aliphatic rings. The van der Waals surface area contributed by atoms with Crippen LogP contribution in [0.3, 0.4) is 0 Å². The van der Waals surface area contributed by atoms with Gasteiger partial charge in [0.15, 0.2) is 5.78 Å². The minimum Gasteiger partial charge on any atom is -0.305 e. The van der Waals surface area contributed by atoms with Gasteiger partial charge in [0.05, 0.1) is 27.8 Å². The first-order chi connectivity index (χ1) is 8.98. The van der Waals surface area contributed by atoms with E-state index in [9.17, 15) is 4.79 Å². The van der Waals surface area contributed by atoms with Gasteiger partial charge in [0.25, 0.3) is 0 Å². The lowest BCUT2D eigenvalue weighted by atomic mass is 9.85. The Morgan fingerprint density at radius 2 is 2.26 bits per heavy atom. The number of nitrogens with one attached hydrogen (secondary N) is 1. The van der Waals surface area contributed by atoms with Gasteiger partial charge in [-0.3, -0.25) is 9.48 Å². The molecule has 0 bridgehead atoms. The number of rotatable bonds is 4. The third-order valence-electron chi connectivity index (χ3n) is 4.07. The van der Waals surface area contributed by atoms with Crippen LogP contribution in [0.4, 0.5) is 0 Å². The normalized spacial score (nSPS) is 23.6. The fraction of sp³-hybridized carbons (Fsp3) is 0.714. The third-order valence-corrected chi connectivity index (χ3v) is 4.98. The number of carbonyl (C=O) groups excluding carboxylic acids is 1. The first-order valence-corrected chi connectivity index (χ1v) is 7.76. The van der Waals surface area contributed by atoms with Crippen molar-refractivity contribution in [1.82, 2.24) is 15.1 Å². The maximum atomic E-state index is 12.6. The highest BCUT2D eigenvalue weighted by atomic mass is 79.9. The second kappa shape index (κ2) is 5.75. The molecule has 2 rings (SSSR count). The molecule has 0 aromatic carbocycles. The van der Waals surface area contributed by atoms with E-state index in [4.69, 9.17) is 0 Å². The molecular weight excluding hydrogens is 306 g/mol. The topological polar surface area (TPSA) is 46.9 Å². The van der Waals surface area contributed by atoms with Crippen molar-refractivity contribution in [3.05, 3.63) is 15.9 Å². The van der Waals surface area contributed by atoms with Gasteiger partial charge in [0, 0.05) is 7.05 Å². The molecule has 1 aromatic heterocycles. The monoisotopic (exact) mass is 327 g/mol. The van der Waals surface area contributed by atoms with E-state index in [1.807, 2.05) is 18.7 Å². The number of carbonyl (C=O) groups is 1. The van der Waals surface area contributed by atoms with Crippen molar-refractivity contribution in [3.8, 4) is 0 Å². The lowest BCUT2D eigenvalue weighted by Crippen LogP contribution is -2.52. The SMILES string of the molecule is CCc1nn(C)c(CC(=O)C2(C)CCCCN2)c1Br. The molecule has 1 aliphatic heterocycles. The highest BCUT2D eigenvalue weighted by Gasteiger charge is 2.34. The molecular formula is C14H22BrN3O. The number of nitrogens with zero attached hydrogens (tertiary/aromatic N) is 2. The van der Waals surface area contributed by atoms with Crippen LogP contribution in [0.15, 0.2) is 4.47 Å². The molecule has 4 nitrogen and oxygen atoms in total. The van der Waals surface area contributed by atoms with Gasteiger partial charge >= 0.3 is 0 Å². The number of hydrogen-bond donors (Lipinski definition) is 1. The zero-order valence-corrected chi connectivity index (χ0v) is 13.5. The molecule has 2 heterocycles. The second-order valence-corrected chi connectivity index (χ2v) is 6.29. The lowest BCUT2D eigenvalue weighted by molar-refractivity contribution is -0.125. The molecule has 1 atom stereocenters. The van der Waals surface area contributed by atoms with E-state index < -0.39 is 0 Å². The predicted molar refractivity (Wildman–Crippen MR) is 79.3 cm³/mol. The molecule has 0 amide bonds. The minimum atomic E-state index is -0.367. The van der Waals surface area contributed by atoms with E-state index in [0.29, 0.717) is 6.42 Å². The molecule has 5 heteroatoms. The van der Waals surface area contributed by atoms with E-state index in [1.54, 1.807) is 0 Å². The number of halogens is 1. The Kier molecular flexibility index (Phi) is 4.46. The Balaban J connectivity index is 2.16. The average molecular weight is 328 g/mol. The van der Waals surface area contributed by atoms with Gasteiger partial charge in [-0.2, -0.15) is 5.10 Å². The van der Waals surface area contributed by atoms with Crippen LogP contribution in [0, 0.1) is 0 Å². The Labute approximate surface area is 123 Å². The summed E-state index contributed by atoms with van der Waals surface area (Å²) in [5.41, 5.74) is 1.64. The summed E-state index contributed by atoms with van der Waals surface area (Å²) >= 11 is 3.58. The van der Waals surface area contributed by atoms with Gasteiger partial charge in [-0.05, 0) is 55.1 Å². The van der Waals surface area contributed by atoms with Crippen molar-refractivity contribution in [2.24, 2.45) is 7.05 Å². The second-order valence-electron chi connectivity index (χ2n) is 5.50. The van der Waals surface area contributed by atoms with Crippen molar-refractivity contribution < 1.29 is 4.79 Å². The van der Waals surface area contributed by atoms with Crippen LogP contribution in [-0.2, 0) is 24.7 Å². The van der Waals surface area contributed by atoms with E-state index in [1.165, 1.54) is 0 Å². The molecule has 1 aromatic rings. The molecule has 0 aliphatic carbocycles. The summed E-state index contributed by atoms with van der Waals surface area (Å²) in [6.07, 6.45) is 4.54. The molecule has 1 unspecified atom stereocenters. The fourth-order valence-corrected chi connectivity index (χ4v) is 3.41. The summed E-state index contributed by atoms with van der Waals surface area (Å²) in [6, 6.07) is 0. The fourth-order valence-electron chi connectivity index (χ4n) is 2.65. The average Bonchev–Trinajstić information content (AvgIpc) is 2.67. The maximum absolute atomic E-state index is 12.6. The van der Waals surface area contributed by atoms with Crippen LogP contribution in [0.2, 0.25) is 0 Å². The molecule has 0 spiro atoms. The Hall–Kier alpha value is -0.680. The zero-order valence-electron chi connectivity index (χ0n) is 11.9. The van der Waals surface area contributed by atoms with Crippen LogP contribution in [0.1, 0.15) is 44.5 Å². The number of ketones is 1. The van der Waals surface area contributed by atoms with Crippen molar-refractivity contribution >= 4 is 21.7 Å². The van der Waals surface area contributed by atoms with Gasteiger partial charge in [0.2, 0.25) is 0 Å².